The minimum Gasteiger partial charge on any atom is -0.481 e. The molecule has 22 heavy (non-hydrogen) atoms. The summed E-state index contributed by atoms with van der Waals surface area (Å²) < 4.78 is 5.45. The fraction of sp³-hybridized carbons (Fsp3) is 0.133. The highest BCUT2D eigenvalue weighted by Gasteiger charge is 2.15. The van der Waals surface area contributed by atoms with Crippen LogP contribution in [0.25, 0.3) is 0 Å². The van der Waals surface area contributed by atoms with E-state index in [1.165, 1.54) is 24.3 Å². The summed E-state index contributed by atoms with van der Waals surface area (Å²) in [4.78, 5) is 22.1. The van der Waals surface area contributed by atoms with Crippen molar-refractivity contribution in [3.05, 3.63) is 63.7 Å². The van der Waals surface area contributed by atoms with E-state index in [-0.39, 0.29) is 11.6 Å². The standard InChI is InChI=1S/C15H13ClN2O4/c1-10(15(19)17-12-4-2-3-11(16)9-12)22-14-7-5-13(6-8-14)18(20)21/h2-10H,1H3,(H,17,19). The van der Waals surface area contributed by atoms with Gasteiger partial charge >= 0.3 is 0 Å². The van der Waals surface area contributed by atoms with Gasteiger partial charge in [-0.2, -0.15) is 0 Å². The van der Waals surface area contributed by atoms with Gasteiger partial charge < -0.3 is 10.1 Å². The number of carbonyl (C=O) groups excluding carboxylic acids is 1. The molecule has 0 aliphatic carbocycles. The van der Waals surface area contributed by atoms with E-state index in [1.807, 2.05) is 0 Å². The molecule has 2 aromatic carbocycles. The first-order chi connectivity index (χ1) is 10.5. The highest BCUT2D eigenvalue weighted by molar-refractivity contribution is 6.30. The van der Waals surface area contributed by atoms with Gasteiger partial charge in [0.1, 0.15) is 5.75 Å². The second kappa shape index (κ2) is 6.91. The number of nitrogens with zero attached hydrogens (tertiary/aromatic N) is 1. The number of nitrogens with one attached hydrogen (secondary N) is 1. The number of ether oxygens (including phenoxy) is 1. The summed E-state index contributed by atoms with van der Waals surface area (Å²) in [7, 11) is 0. The number of carbonyl (C=O) groups is 1. The monoisotopic (exact) mass is 320 g/mol. The number of nitro benzene ring substituents is 1. The molecule has 0 radical (unpaired) electrons. The van der Waals surface area contributed by atoms with Gasteiger partial charge in [0.05, 0.1) is 4.92 Å². The summed E-state index contributed by atoms with van der Waals surface area (Å²) in [6, 6.07) is 12.3. The summed E-state index contributed by atoms with van der Waals surface area (Å²) >= 11 is 5.84. The van der Waals surface area contributed by atoms with Crippen LogP contribution >= 0.6 is 11.6 Å². The number of amides is 1. The van der Waals surface area contributed by atoms with Crippen molar-refractivity contribution < 1.29 is 14.5 Å². The first-order valence-electron chi connectivity index (χ1n) is 6.43. The SMILES string of the molecule is CC(Oc1ccc([N+](=O)[O-])cc1)C(=O)Nc1cccc(Cl)c1. The molecule has 0 bridgehead atoms. The van der Waals surface area contributed by atoms with Crippen LogP contribution in [0.1, 0.15) is 6.92 Å². The van der Waals surface area contributed by atoms with E-state index in [0.717, 1.165) is 0 Å². The van der Waals surface area contributed by atoms with E-state index in [4.69, 9.17) is 16.3 Å². The van der Waals surface area contributed by atoms with Crippen molar-refractivity contribution in [2.45, 2.75) is 13.0 Å². The van der Waals surface area contributed by atoms with E-state index in [0.29, 0.717) is 16.5 Å². The van der Waals surface area contributed by atoms with Crippen molar-refractivity contribution in [3.63, 3.8) is 0 Å². The van der Waals surface area contributed by atoms with E-state index in [2.05, 4.69) is 5.32 Å². The van der Waals surface area contributed by atoms with Gasteiger partial charge in [0.2, 0.25) is 0 Å². The molecule has 0 aliphatic heterocycles. The zero-order valence-corrected chi connectivity index (χ0v) is 12.4. The Hall–Kier alpha value is -2.60. The fourth-order valence-electron chi connectivity index (χ4n) is 1.71. The van der Waals surface area contributed by atoms with Gasteiger partial charge in [-0.25, -0.2) is 0 Å². The lowest BCUT2D eigenvalue weighted by molar-refractivity contribution is -0.384. The zero-order valence-electron chi connectivity index (χ0n) is 11.7. The number of benzene rings is 2. The maximum absolute atomic E-state index is 12.0. The third kappa shape index (κ3) is 4.20. The number of anilines is 1. The van der Waals surface area contributed by atoms with Crippen LogP contribution in [0.3, 0.4) is 0 Å². The Labute approximate surface area is 131 Å². The highest BCUT2D eigenvalue weighted by atomic mass is 35.5. The van der Waals surface area contributed by atoms with Crippen LogP contribution in [0.5, 0.6) is 5.75 Å². The van der Waals surface area contributed by atoms with Crippen LogP contribution in [0.2, 0.25) is 5.02 Å². The molecule has 114 valence electrons. The average molecular weight is 321 g/mol. The molecule has 0 saturated heterocycles. The Bertz CT molecular complexity index is 688. The Morgan fingerprint density at radius 2 is 1.95 bits per heavy atom. The third-order valence-electron chi connectivity index (χ3n) is 2.82. The highest BCUT2D eigenvalue weighted by Crippen LogP contribution is 2.19. The van der Waals surface area contributed by atoms with Crippen LogP contribution in [0.15, 0.2) is 48.5 Å². The molecular formula is C15H13ClN2O4. The van der Waals surface area contributed by atoms with Crippen molar-refractivity contribution in [1.29, 1.82) is 0 Å². The smallest absolute Gasteiger partial charge is 0.269 e. The van der Waals surface area contributed by atoms with Crippen LogP contribution < -0.4 is 10.1 Å². The van der Waals surface area contributed by atoms with Gasteiger partial charge in [-0.15, -0.1) is 0 Å². The number of hydrogen-bond acceptors (Lipinski definition) is 4. The largest absolute Gasteiger partial charge is 0.481 e. The van der Waals surface area contributed by atoms with Crippen molar-refractivity contribution >= 4 is 28.9 Å². The van der Waals surface area contributed by atoms with Crippen molar-refractivity contribution in [2.24, 2.45) is 0 Å². The molecule has 2 rings (SSSR count). The normalized spacial score (nSPS) is 11.5. The summed E-state index contributed by atoms with van der Waals surface area (Å²) in [5.41, 5.74) is 0.528. The molecule has 0 spiro atoms. The van der Waals surface area contributed by atoms with E-state index in [9.17, 15) is 14.9 Å². The average Bonchev–Trinajstić information content (AvgIpc) is 2.47. The number of nitro groups is 1. The molecule has 0 aliphatic rings. The van der Waals surface area contributed by atoms with Gasteiger partial charge in [-0.05, 0) is 37.3 Å². The van der Waals surface area contributed by atoms with Gasteiger partial charge in [0.15, 0.2) is 6.10 Å². The topological polar surface area (TPSA) is 81.5 Å². The molecule has 7 heteroatoms. The zero-order chi connectivity index (χ0) is 16.1. The number of hydrogen-bond donors (Lipinski definition) is 1. The Morgan fingerprint density at radius 1 is 1.27 bits per heavy atom. The molecule has 1 atom stereocenters. The number of non-ortho nitro benzene ring substituents is 1. The molecular weight excluding hydrogens is 308 g/mol. The van der Waals surface area contributed by atoms with Crippen molar-refractivity contribution in [2.75, 3.05) is 5.32 Å². The Kier molecular flexibility index (Phi) is 4.95. The predicted molar refractivity (Wildman–Crippen MR) is 83.3 cm³/mol. The Morgan fingerprint density at radius 3 is 2.55 bits per heavy atom. The van der Waals surface area contributed by atoms with E-state index < -0.39 is 11.0 Å². The second-order valence-corrected chi connectivity index (χ2v) is 4.95. The summed E-state index contributed by atoms with van der Waals surface area (Å²) in [6.45, 7) is 1.58. The molecule has 6 nitrogen and oxygen atoms in total. The van der Waals surface area contributed by atoms with E-state index >= 15 is 0 Å². The fourth-order valence-corrected chi connectivity index (χ4v) is 1.90. The molecule has 0 aromatic heterocycles. The summed E-state index contributed by atoms with van der Waals surface area (Å²) in [6.07, 6.45) is -0.763. The summed E-state index contributed by atoms with van der Waals surface area (Å²) in [5.74, 6) is 0.0277. The molecule has 1 unspecified atom stereocenters. The van der Waals surface area contributed by atoms with Crippen LogP contribution in [-0.2, 0) is 4.79 Å². The molecule has 0 fully saturated rings. The predicted octanol–water partition coefficient (Wildman–Crippen LogP) is 3.65. The van der Waals surface area contributed by atoms with Crippen molar-refractivity contribution in [1.82, 2.24) is 0 Å². The molecule has 1 amide bonds. The minimum absolute atomic E-state index is 0.0385. The Balaban J connectivity index is 1.97. The van der Waals surface area contributed by atoms with E-state index in [1.54, 1.807) is 31.2 Å². The number of halogens is 1. The molecule has 1 N–H and O–H groups in total. The number of rotatable bonds is 5. The van der Waals surface area contributed by atoms with Crippen molar-refractivity contribution in [3.8, 4) is 5.75 Å². The maximum Gasteiger partial charge on any atom is 0.269 e. The van der Waals surface area contributed by atoms with Gasteiger partial charge in [0.25, 0.3) is 11.6 Å². The van der Waals surface area contributed by atoms with Gasteiger partial charge in [-0.3, -0.25) is 14.9 Å². The quantitative estimate of drug-likeness (QED) is 0.673. The lowest BCUT2D eigenvalue weighted by atomic mass is 10.3. The maximum atomic E-state index is 12.0. The third-order valence-corrected chi connectivity index (χ3v) is 3.06. The van der Waals surface area contributed by atoms with Crippen LogP contribution in [0.4, 0.5) is 11.4 Å². The van der Waals surface area contributed by atoms with Crippen LogP contribution in [-0.4, -0.2) is 16.9 Å². The molecule has 0 saturated carbocycles. The van der Waals surface area contributed by atoms with Gasteiger partial charge in [0, 0.05) is 22.8 Å². The molecule has 0 heterocycles. The first-order valence-corrected chi connectivity index (χ1v) is 6.81. The van der Waals surface area contributed by atoms with Gasteiger partial charge in [-0.1, -0.05) is 17.7 Å². The minimum atomic E-state index is -0.763. The second-order valence-electron chi connectivity index (χ2n) is 4.51. The molecule has 2 aromatic rings. The first kappa shape index (κ1) is 15.8. The lowest BCUT2D eigenvalue weighted by Gasteiger charge is -2.14. The summed E-state index contributed by atoms with van der Waals surface area (Å²) in [5, 5.41) is 13.8. The van der Waals surface area contributed by atoms with Crippen LogP contribution in [0, 0.1) is 10.1 Å². The lowest BCUT2D eigenvalue weighted by Crippen LogP contribution is -2.30.